The number of hydrogen-bond donors (Lipinski definition) is 1. The number of sulfone groups is 1. The molecule has 1 heterocycles. The monoisotopic (exact) mass is 511 g/mol. The fraction of sp³-hybridized carbons (Fsp3) is 0.611. The van der Waals surface area contributed by atoms with Crippen LogP contribution in [0, 0.1) is 0 Å². The number of ether oxygens (including phenoxy) is 2. The minimum atomic E-state index is -3.06. The molecule has 27 heavy (non-hydrogen) atoms. The maximum absolute atomic E-state index is 12.1. The molecule has 0 unspecified atom stereocenters. The molecule has 1 saturated heterocycles. The number of aliphatic imine (C=N–C) groups is 1. The summed E-state index contributed by atoms with van der Waals surface area (Å²) in [4.78, 5) is 6.29. The van der Waals surface area contributed by atoms with Crippen LogP contribution in [0.25, 0.3) is 0 Å². The first kappa shape index (κ1) is 23.8. The molecule has 1 fully saturated rings. The number of guanidine groups is 1. The smallest absolute Gasteiger partial charge is 0.193 e. The highest BCUT2D eigenvalue weighted by molar-refractivity contribution is 14.0. The fourth-order valence-electron chi connectivity index (χ4n) is 2.81. The first-order valence-corrected chi connectivity index (χ1v) is 10.4. The Hall–Kier alpha value is -1.23. The van der Waals surface area contributed by atoms with Crippen molar-refractivity contribution in [2.75, 3.05) is 46.2 Å². The minimum absolute atomic E-state index is 0. The quantitative estimate of drug-likeness (QED) is 0.273. The second-order valence-corrected chi connectivity index (χ2v) is 9.60. The van der Waals surface area contributed by atoms with Crippen molar-refractivity contribution in [1.29, 1.82) is 0 Å². The van der Waals surface area contributed by atoms with Gasteiger partial charge in [0.2, 0.25) is 0 Å². The first-order chi connectivity index (χ1) is 12.3. The van der Waals surface area contributed by atoms with Gasteiger partial charge in [0.05, 0.1) is 24.2 Å². The van der Waals surface area contributed by atoms with E-state index in [0.717, 1.165) is 23.9 Å². The molecule has 0 radical (unpaired) electrons. The SMILES string of the molecule is CN=C(NCCCOc1cccc(OC)c1)N1CCS(=O)(=O)C(C)(C)C1.I. The van der Waals surface area contributed by atoms with E-state index in [1.54, 1.807) is 28.0 Å². The van der Waals surface area contributed by atoms with Crippen LogP contribution in [0.15, 0.2) is 29.3 Å². The highest BCUT2D eigenvalue weighted by Crippen LogP contribution is 2.23. The molecule has 1 aromatic carbocycles. The molecule has 154 valence electrons. The zero-order valence-corrected chi connectivity index (χ0v) is 19.5. The summed E-state index contributed by atoms with van der Waals surface area (Å²) in [6.45, 7) is 5.70. The van der Waals surface area contributed by atoms with Crippen LogP contribution in [0.1, 0.15) is 20.3 Å². The van der Waals surface area contributed by atoms with Crippen LogP contribution in [-0.4, -0.2) is 70.2 Å². The second-order valence-electron chi connectivity index (χ2n) is 6.86. The van der Waals surface area contributed by atoms with Crippen molar-refractivity contribution < 1.29 is 17.9 Å². The third-order valence-corrected chi connectivity index (χ3v) is 7.00. The molecule has 7 nitrogen and oxygen atoms in total. The molecule has 0 aliphatic carbocycles. The van der Waals surface area contributed by atoms with Crippen LogP contribution in [0.4, 0.5) is 0 Å². The molecule has 2 rings (SSSR count). The van der Waals surface area contributed by atoms with E-state index in [1.165, 1.54) is 0 Å². The standard InChI is InChI=1S/C18H29N3O4S.HI/c1-18(2)14-21(10-12-26(18,22)23)17(19-3)20-9-6-11-25-16-8-5-7-15(13-16)24-4;/h5,7-8,13H,6,9-12,14H2,1-4H3,(H,19,20);1H. The van der Waals surface area contributed by atoms with Gasteiger partial charge < -0.3 is 19.7 Å². The molecule has 1 aliphatic rings. The highest BCUT2D eigenvalue weighted by Gasteiger charge is 2.40. The van der Waals surface area contributed by atoms with Crippen molar-refractivity contribution in [1.82, 2.24) is 10.2 Å². The maximum Gasteiger partial charge on any atom is 0.193 e. The molecule has 9 heteroatoms. The van der Waals surface area contributed by atoms with E-state index in [0.29, 0.717) is 26.2 Å². The van der Waals surface area contributed by atoms with Crippen LogP contribution in [-0.2, 0) is 9.84 Å². The molecule has 0 atom stereocenters. The number of benzene rings is 1. The Bertz CT molecular complexity index is 738. The van der Waals surface area contributed by atoms with Gasteiger partial charge in [-0.15, -0.1) is 24.0 Å². The van der Waals surface area contributed by atoms with Crippen molar-refractivity contribution in [2.45, 2.75) is 25.0 Å². The number of methoxy groups -OCH3 is 1. The van der Waals surface area contributed by atoms with Gasteiger partial charge in [-0.05, 0) is 32.4 Å². The third-order valence-electron chi connectivity index (χ3n) is 4.47. The maximum atomic E-state index is 12.1. The Balaban J connectivity index is 0.00000364. The number of hydrogen-bond acceptors (Lipinski definition) is 5. The van der Waals surface area contributed by atoms with Crippen molar-refractivity contribution in [3.05, 3.63) is 24.3 Å². The molecule has 0 bridgehead atoms. The molecule has 0 saturated carbocycles. The van der Waals surface area contributed by atoms with E-state index in [4.69, 9.17) is 9.47 Å². The van der Waals surface area contributed by atoms with Crippen LogP contribution in [0.5, 0.6) is 11.5 Å². The van der Waals surface area contributed by atoms with Gasteiger partial charge in [0, 0.05) is 32.7 Å². The molecule has 0 aromatic heterocycles. The zero-order valence-electron chi connectivity index (χ0n) is 16.4. The lowest BCUT2D eigenvalue weighted by Gasteiger charge is -2.39. The highest BCUT2D eigenvalue weighted by atomic mass is 127. The van der Waals surface area contributed by atoms with Crippen LogP contribution in [0.2, 0.25) is 0 Å². The van der Waals surface area contributed by atoms with Crippen molar-refractivity contribution in [2.24, 2.45) is 4.99 Å². The average molecular weight is 511 g/mol. The topological polar surface area (TPSA) is 80.2 Å². The number of halogens is 1. The molecular formula is C18H30IN3O4S. The van der Waals surface area contributed by atoms with Gasteiger partial charge in [-0.3, -0.25) is 4.99 Å². The minimum Gasteiger partial charge on any atom is -0.497 e. The number of nitrogens with zero attached hydrogens (tertiary/aromatic N) is 2. The Kier molecular flexibility index (Phi) is 9.13. The van der Waals surface area contributed by atoms with Crippen molar-refractivity contribution in [3.63, 3.8) is 0 Å². The van der Waals surface area contributed by atoms with Gasteiger partial charge in [-0.25, -0.2) is 8.42 Å². The van der Waals surface area contributed by atoms with Gasteiger partial charge in [0.25, 0.3) is 0 Å². The molecule has 1 N–H and O–H groups in total. The van der Waals surface area contributed by atoms with E-state index in [2.05, 4.69) is 10.3 Å². The molecule has 1 aliphatic heterocycles. The zero-order chi connectivity index (χ0) is 19.2. The number of nitrogens with one attached hydrogen (secondary N) is 1. The predicted molar refractivity (Wildman–Crippen MR) is 119 cm³/mol. The normalized spacial score (nSPS) is 18.4. The Morgan fingerprint density at radius 2 is 2.04 bits per heavy atom. The summed E-state index contributed by atoms with van der Waals surface area (Å²) >= 11 is 0. The largest absolute Gasteiger partial charge is 0.497 e. The van der Waals surface area contributed by atoms with Crippen molar-refractivity contribution in [3.8, 4) is 11.5 Å². The van der Waals surface area contributed by atoms with Gasteiger partial charge in [0.1, 0.15) is 11.5 Å². The molecule has 0 amide bonds. The summed E-state index contributed by atoms with van der Waals surface area (Å²) in [6.07, 6.45) is 0.797. The Morgan fingerprint density at radius 3 is 2.67 bits per heavy atom. The summed E-state index contributed by atoms with van der Waals surface area (Å²) in [5.41, 5.74) is 0. The lowest BCUT2D eigenvalue weighted by molar-refractivity contribution is 0.306. The average Bonchev–Trinajstić information content (AvgIpc) is 2.61. The molecule has 1 aromatic rings. The van der Waals surface area contributed by atoms with Crippen LogP contribution in [0.3, 0.4) is 0 Å². The summed E-state index contributed by atoms with van der Waals surface area (Å²) in [5, 5.41) is 3.29. The van der Waals surface area contributed by atoms with Crippen LogP contribution >= 0.6 is 24.0 Å². The first-order valence-electron chi connectivity index (χ1n) is 8.74. The lowest BCUT2D eigenvalue weighted by atomic mass is 10.2. The summed E-state index contributed by atoms with van der Waals surface area (Å²) < 4.78 is 34.4. The molecular weight excluding hydrogens is 481 g/mol. The summed E-state index contributed by atoms with van der Waals surface area (Å²) in [5.74, 6) is 2.43. The van der Waals surface area contributed by atoms with Gasteiger partial charge in [0.15, 0.2) is 15.8 Å². The van der Waals surface area contributed by atoms with Gasteiger partial charge in [-0.2, -0.15) is 0 Å². The number of rotatable bonds is 6. The predicted octanol–water partition coefficient (Wildman–Crippen LogP) is 2.17. The fourth-order valence-corrected chi connectivity index (χ4v) is 4.18. The van der Waals surface area contributed by atoms with E-state index in [-0.39, 0.29) is 29.7 Å². The van der Waals surface area contributed by atoms with E-state index in [9.17, 15) is 8.42 Å². The molecule has 0 spiro atoms. The lowest BCUT2D eigenvalue weighted by Crippen LogP contribution is -2.57. The van der Waals surface area contributed by atoms with Gasteiger partial charge in [-0.1, -0.05) is 6.07 Å². The van der Waals surface area contributed by atoms with Crippen molar-refractivity contribution >= 4 is 39.8 Å². The Morgan fingerprint density at radius 1 is 1.33 bits per heavy atom. The van der Waals surface area contributed by atoms with Crippen LogP contribution < -0.4 is 14.8 Å². The third kappa shape index (κ3) is 6.41. The van der Waals surface area contributed by atoms with E-state index < -0.39 is 14.6 Å². The summed E-state index contributed by atoms with van der Waals surface area (Å²) in [6, 6.07) is 7.51. The van der Waals surface area contributed by atoms with E-state index in [1.807, 2.05) is 29.2 Å². The summed E-state index contributed by atoms with van der Waals surface area (Å²) in [7, 11) is 0.284. The van der Waals surface area contributed by atoms with E-state index >= 15 is 0 Å². The second kappa shape index (κ2) is 10.4. The Labute approximate surface area is 179 Å². The van der Waals surface area contributed by atoms with Gasteiger partial charge >= 0.3 is 0 Å².